The van der Waals surface area contributed by atoms with E-state index in [2.05, 4.69) is 20.7 Å². The first kappa shape index (κ1) is 26.0. The molecule has 38 heavy (non-hydrogen) atoms. The number of anilines is 1. The molecule has 0 radical (unpaired) electrons. The summed E-state index contributed by atoms with van der Waals surface area (Å²) >= 11 is 7.40. The van der Waals surface area contributed by atoms with Gasteiger partial charge in [-0.15, -0.1) is 21.5 Å². The van der Waals surface area contributed by atoms with Gasteiger partial charge in [0, 0.05) is 34.3 Å². The monoisotopic (exact) mass is 550 g/mol. The zero-order chi connectivity index (χ0) is 26.5. The lowest BCUT2D eigenvalue weighted by molar-refractivity contribution is -0.127. The molecule has 2 amide bonds. The third-order valence-electron chi connectivity index (χ3n) is 6.26. The second-order valence-corrected chi connectivity index (χ2v) is 10.5. The van der Waals surface area contributed by atoms with Crippen molar-refractivity contribution < 1.29 is 14.3 Å². The van der Waals surface area contributed by atoms with E-state index in [9.17, 15) is 9.59 Å². The maximum atomic E-state index is 13.9. The van der Waals surface area contributed by atoms with Gasteiger partial charge in [-0.2, -0.15) is 4.80 Å². The quantitative estimate of drug-likeness (QED) is 0.331. The second-order valence-electron chi connectivity index (χ2n) is 9.05. The van der Waals surface area contributed by atoms with Gasteiger partial charge >= 0.3 is 0 Å². The molecular formula is C27H27ClN6O3S. The van der Waals surface area contributed by atoms with Gasteiger partial charge in [0.1, 0.15) is 12.6 Å². The molecule has 9 nitrogen and oxygen atoms in total. The Morgan fingerprint density at radius 2 is 1.97 bits per heavy atom. The second kappa shape index (κ2) is 11.8. The molecule has 0 saturated carbocycles. The van der Waals surface area contributed by atoms with Crippen LogP contribution in [0.5, 0.6) is 0 Å². The van der Waals surface area contributed by atoms with Crippen molar-refractivity contribution in [2.24, 2.45) is 0 Å². The summed E-state index contributed by atoms with van der Waals surface area (Å²) in [6.07, 6.45) is 1.86. The Morgan fingerprint density at radius 3 is 2.66 bits per heavy atom. The van der Waals surface area contributed by atoms with Gasteiger partial charge in [-0.1, -0.05) is 35.4 Å². The highest BCUT2D eigenvalue weighted by Crippen LogP contribution is 2.31. The van der Waals surface area contributed by atoms with Crippen molar-refractivity contribution in [3.8, 4) is 11.4 Å². The van der Waals surface area contributed by atoms with Crippen molar-refractivity contribution in [3.05, 3.63) is 81.5 Å². The number of hydrogen-bond acceptors (Lipinski definition) is 7. The molecule has 2 atom stereocenters. The number of aromatic nitrogens is 4. The van der Waals surface area contributed by atoms with E-state index in [1.54, 1.807) is 24.3 Å². The Kier molecular flexibility index (Phi) is 8.11. The average molecular weight is 551 g/mol. The largest absolute Gasteiger partial charge is 0.376 e. The zero-order valence-corrected chi connectivity index (χ0v) is 22.4. The van der Waals surface area contributed by atoms with Gasteiger partial charge in [-0.05, 0) is 72.8 Å². The number of halogens is 1. The number of nitrogens with zero attached hydrogens (tertiary/aromatic N) is 5. The minimum absolute atomic E-state index is 0.0166. The molecule has 11 heteroatoms. The van der Waals surface area contributed by atoms with Crippen molar-refractivity contribution in [1.29, 1.82) is 0 Å². The van der Waals surface area contributed by atoms with E-state index in [0.29, 0.717) is 29.7 Å². The normalized spacial score (nSPS) is 15.8. The SMILES string of the molecule is Cc1ccc(N(C(=O)Cn2nnc(-c3ccc(Cl)cc3)n2)[C@@H](C(=O)NC[C@H]2CCCO2)c2cccs2)cc1. The number of tetrazole rings is 1. The lowest BCUT2D eigenvalue weighted by Crippen LogP contribution is -2.46. The predicted molar refractivity (Wildman–Crippen MR) is 146 cm³/mol. The Balaban J connectivity index is 1.43. The standard InChI is InChI=1S/C27H27ClN6O3S/c1-18-6-12-21(13-7-18)34(24(35)17-33-31-26(30-32-33)19-8-10-20(28)11-9-19)25(23-5-3-15-38-23)27(36)29-16-22-4-2-14-37-22/h3,5-13,15,22,25H,2,4,14,16-17H2,1H3,(H,29,36)/t22-,25-/m1/s1. The van der Waals surface area contributed by atoms with Crippen LogP contribution in [0.15, 0.2) is 66.0 Å². The first-order chi connectivity index (χ1) is 18.5. The van der Waals surface area contributed by atoms with Gasteiger partial charge in [0.05, 0.1) is 6.10 Å². The number of carbonyl (C=O) groups excluding carboxylic acids is 2. The molecule has 4 aromatic rings. The Morgan fingerprint density at radius 1 is 1.18 bits per heavy atom. The summed E-state index contributed by atoms with van der Waals surface area (Å²) in [7, 11) is 0. The Hall–Kier alpha value is -3.60. The number of nitrogens with one attached hydrogen (secondary N) is 1. The number of benzene rings is 2. The van der Waals surface area contributed by atoms with E-state index in [-0.39, 0.29) is 24.5 Å². The number of carbonyl (C=O) groups is 2. The fourth-order valence-corrected chi connectivity index (χ4v) is 5.24. The Bertz CT molecular complexity index is 1370. The summed E-state index contributed by atoms with van der Waals surface area (Å²) in [5.74, 6) is -0.245. The van der Waals surface area contributed by atoms with Crippen LogP contribution in [0, 0.1) is 6.92 Å². The van der Waals surface area contributed by atoms with Crippen LogP contribution in [-0.4, -0.2) is 51.3 Å². The van der Waals surface area contributed by atoms with Crippen molar-refractivity contribution in [2.75, 3.05) is 18.1 Å². The number of hydrogen-bond donors (Lipinski definition) is 1. The van der Waals surface area contributed by atoms with Gasteiger partial charge < -0.3 is 10.1 Å². The molecule has 0 spiro atoms. The fraction of sp³-hybridized carbons (Fsp3) is 0.296. The van der Waals surface area contributed by atoms with E-state index >= 15 is 0 Å². The average Bonchev–Trinajstić information content (AvgIpc) is 3.71. The van der Waals surface area contributed by atoms with Gasteiger partial charge in [0.2, 0.25) is 11.7 Å². The molecule has 1 fully saturated rings. The predicted octanol–water partition coefficient (Wildman–Crippen LogP) is 4.43. The van der Waals surface area contributed by atoms with Crippen molar-refractivity contribution in [1.82, 2.24) is 25.5 Å². The van der Waals surface area contributed by atoms with Crippen LogP contribution in [0.4, 0.5) is 5.69 Å². The van der Waals surface area contributed by atoms with E-state index in [0.717, 1.165) is 28.8 Å². The number of amides is 2. The third kappa shape index (κ3) is 6.09. The minimum atomic E-state index is -0.870. The van der Waals surface area contributed by atoms with Crippen molar-refractivity contribution in [2.45, 2.75) is 38.5 Å². The van der Waals surface area contributed by atoms with Crippen LogP contribution in [0.2, 0.25) is 5.02 Å². The molecule has 0 bridgehead atoms. The van der Waals surface area contributed by atoms with Crippen molar-refractivity contribution in [3.63, 3.8) is 0 Å². The lowest BCUT2D eigenvalue weighted by atomic mass is 10.1. The number of ether oxygens (including phenoxy) is 1. The van der Waals surface area contributed by atoms with Gasteiger partial charge in [-0.3, -0.25) is 14.5 Å². The summed E-state index contributed by atoms with van der Waals surface area (Å²) in [5, 5.41) is 18.1. The van der Waals surface area contributed by atoms with Crippen LogP contribution >= 0.6 is 22.9 Å². The molecule has 2 aromatic carbocycles. The highest BCUT2D eigenvalue weighted by atomic mass is 35.5. The number of rotatable bonds is 9. The van der Waals surface area contributed by atoms with Gasteiger partial charge in [0.15, 0.2) is 0 Å². The molecule has 1 aliphatic heterocycles. The van der Waals surface area contributed by atoms with E-state index in [1.807, 2.05) is 48.7 Å². The molecule has 1 N–H and O–H groups in total. The van der Waals surface area contributed by atoms with Crippen LogP contribution in [0.3, 0.4) is 0 Å². The number of aryl methyl sites for hydroxylation is 1. The molecule has 2 aromatic heterocycles. The van der Waals surface area contributed by atoms with E-state index in [1.165, 1.54) is 21.0 Å². The van der Waals surface area contributed by atoms with Crippen LogP contribution < -0.4 is 10.2 Å². The van der Waals surface area contributed by atoms with Crippen LogP contribution in [0.1, 0.15) is 29.3 Å². The molecular weight excluding hydrogens is 524 g/mol. The summed E-state index contributed by atoms with van der Waals surface area (Å²) in [4.78, 5) is 31.0. The Labute approximate surface area is 229 Å². The maximum Gasteiger partial charge on any atom is 0.251 e. The van der Waals surface area contributed by atoms with Crippen LogP contribution in [-0.2, 0) is 20.9 Å². The summed E-state index contributed by atoms with van der Waals surface area (Å²) in [5.41, 5.74) is 2.37. The molecule has 196 valence electrons. The summed E-state index contributed by atoms with van der Waals surface area (Å²) in [6.45, 7) is 2.87. The summed E-state index contributed by atoms with van der Waals surface area (Å²) in [6, 6.07) is 17.4. The topological polar surface area (TPSA) is 102 Å². The molecule has 5 rings (SSSR count). The highest BCUT2D eigenvalue weighted by molar-refractivity contribution is 7.10. The van der Waals surface area contributed by atoms with Crippen LogP contribution in [0.25, 0.3) is 11.4 Å². The number of thiophene rings is 1. The van der Waals surface area contributed by atoms with Gasteiger partial charge in [0.25, 0.3) is 5.91 Å². The van der Waals surface area contributed by atoms with E-state index < -0.39 is 6.04 Å². The smallest absolute Gasteiger partial charge is 0.251 e. The maximum absolute atomic E-state index is 13.9. The highest BCUT2D eigenvalue weighted by Gasteiger charge is 2.34. The molecule has 1 aliphatic rings. The molecule has 1 saturated heterocycles. The molecule has 3 heterocycles. The molecule has 0 unspecified atom stereocenters. The van der Waals surface area contributed by atoms with Crippen molar-refractivity contribution >= 4 is 40.4 Å². The fourth-order valence-electron chi connectivity index (χ4n) is 4.30. The van der Waals surface area contributed by atoms with Gasteiger partial charge in [-0.25, -0.2) is 0 Å². The minimum Gasteiger partial charge on any atom is -0.376 e. The first-order valence-corrected chi connectivity index (χ1v) is 13.6. The lowest BCUT2D eigenvalue weighted by Gasteiger charge is -2.31. The first-order valence-electron chi connectivity index (χ1n) is 12.3. The molecule has 0 aliphatic carbocycles. The van der Waals surface area contributed by atoms with E-state index in [4.69, 9.17) is 16.3 Å². The zero-order valence-electron chi connectivity index (χ0n) is 20.8. The summed E-state index contributed by atoms with van der Waals surface area (Å²) < 4.78 is 5.68. The third-order valence-corrected chi connectivity index (χ3v) is 7.44.